The molecule has 1 amide bonds. The van der Waals surface area contributed by atoms with Gasteiger partial charge in [0.25, 0.3) is 5.91 Å². The Hall–Kier alpha value is -0.910. The maximum absolute atomic E-state index is 13.7. The van der Waals surface area contributed by atoms with Crippen molar-refractivity contribution in [1.82, 2.24) is 0 Å². The van der Waals surface area contributed by atoms with Crippen LogP contribution in [0.5, 0.6) is 0 Å². The number of ether oxygens (including phenoxy) is 1. The summed E-state index contributed by atoms with van der Waals surface area (Å²) in [6.07, 6.45) is 0. The summed E-state index contributed by atoms with van der Waals surface area (Å²) in [5, 5.41) is 0.313. The van der Waals surface area contributed by atoms with Crippen LogP contribution in [0.2, 0.25) is 10.0 Å². The van der Waals surface area contributed by atoms with Crippen LogP contribution in [0, 0.1) is 0 Å². The lowest BCUT2D eigenvalue weighted by Gasteiger charge is -2.21. The van der Waals surface area contributed by atoms with E-state index in [9.17, 15) is 13.6 Å². The van der Waals surface area contributed by atoms with Gasteiger partial charge in [-0.25, -0.2) is 0 Å². The van der Waals surface area contributed by atoms with Crippen LogP contribution in [0.3, 0.4) is 0 Å². The number of carbonyl (C=O) groups is 1. The number of primary amides is 1. The molecular formula is C10H7Cl2F2NO2. The Kier molecular flexibility index (Phi) is 2.80. The number of benzene rings is 1. The van der Waals surface area contributed by atoms with Gasteiger partial charge >= 0.3 is 5.92 Å². The molecule has 1 aromatic rings. The molecule has 2 N–H and O–H groups in total. The zero-order valence-corrected chi connectivity index (χ0v) is 9.86. The third-order valence-corrected chi connectivity index (χ3v) is 3.16. The highest BCUT2D eigenvalue weighted by atomic mass is 35.5. The Bertz CT molecular complexity index is 489. The van der Waals surface area contributed by atoms with Crippen LogP contribution in [0.25, 0.3) is 0 Å². The smallest absolute Gasteiger partial charge is 0.358 e. The zero-order valence-electron chi connectivity index (χ0n) is 8.34. The summed E-state index contributed by atoms with van der Waals surface area (Å²) in [6, 6.07) is 4.00. The Labute approximate surface area is 105 Å². The van der Waals surface area contributed by atoms with Crippen molar-refractivity contribution in [2.45, 2.75) is 11.5 Å². The number of rotatable bonds is 3. The van der Waals surface area contributed by atoms with Crippen LogP contribution in [-0.4, -0.2) is 18.4 Å². The normalized spacial score (nSPS) is 23.5. The lowest BCUT2D eigenvalue weighted by Crippen LogP contribution is -2.47. The fourth-order valence-electron chi connectivity index (χ4n) is 1.59. The average molecular weight is 282 g/mol. The summed E-state index contributed by atoms with van der Waals surface area (Å²) in [7, 11) is 0. The van der Waals surface area contributed by atoms with Crippen molar-refractivity contribution in [2.75, 3.05) is 6.61 Å². The Balaban J connectivity index is 2.50. The van der Waals surface area contributed by atoms with Gasteiger partial charge in [0.05, 0.1) is 6.61 Å². The van der Waals surface area contributed by atoms with E-state index < -0.39 is 17.4 Å². The van der Waals surface area contributed by atoms with E-state index in [0.29, 0.717) is 5.02 Å². The lowest BCUT2D eigenvalue weighted by molar-refractivity contribution is -0.153. The van der Waals surface area contributed by atoms with Crippen molar-refractivity contribution in [2.24, 2.45) is 5.73 Å². The molecule has 1 heterocycles. The monoisotopic (exact) mass is 281 g/mol. The predicted molar refractivity (Wildman–Crippen MR) is 58.2 cm³/mol. The fourth-order valence-corrected chi connectivity index (χ4v) is 2.16. The van der Waals surface area contributed by atoms with Gasteiger partial charge in [0.1, 0.15) is 0 Å². The van der Waals surface area contributed by atoms with Crippen LogP contribution >= 0.6 is 23.2 Å². The Morgan fingerprint density at radius 2 is 2.06 bits per heavy atom. The second kappa shape index (κ2) is 3.80. The second-order valence-electron chi connectivity index (χ2n) is 3.68. The quantitative estimate of drug-likeness (QED) is 0.865. The zero-order chi connectivity index (χ0) is 12.8. The Morgan fingerprint density at radius 3 is 2.47 bits per heavy atom. The Morgan fingerprint density at radius 1 is 1.47 bits per heavy atom. The van der Waals surface area contributed by atoms with Gasteiger partial charge in [0.2, 0.25) is 0 Å². The number of hydrogen-bond acceptors (Lipinski definition) is 2. The minimum atomic E-state index is -3.82. The van der Waals surface area contributed by atoms with Crippen molar-refractivity contribution < 1.29 is 18.3 Å². The van der Waals surface area contributed by atoms with Gasteiger partial charge in [-0.2, -0.15) is 8.78 Å². The molecular weight excluding hydrogens is 275 g/mol. The first-order valence-corrected chi connectivity index (χ1v) is 5.34. The number of alkyl halides is 2. The number of carbonyl (C=O) groups excluding carboxylic acids is 1. The molecule has 1 atom stereocenters. The molecule has 0 radical (unpaired) electrons. The van der Waals surface area contributed by atoms with Crippen molar-refractivity contribution in [3.8, 4) is 0 Å². The van der Waals surface area contributed by atoms with E-state index in [1.165, 1.54) is 18.2 Å². The topological polar surface area (TPSA) is 55.6 Å². The molecule has 0 bridgehead atoms. The summed E-state index contributed by atoms with van der Waals surface area (Å²) in [6.45, 7) is -0.315. The molecule has 3 nitrogen and oxygen atoms in total. The van der Waals surface area contributed by atoms with Gasteiger partial charge in [-0.15, -0.1) is 0 Å². The minimum absolute atomic E-state index is 0.00682. The second-order valence-corrected chi connectivity index (χ2v) is 4.52. The minimum Gasteiger partial charge on any atom is -0.364 e. The predicted octanol–water partition coefficient (Wildman–Crippen LogP) is 2.34. The van der Waals surface area contributed by atoms with Gasteiger partial charge in [0.15, 0.2) is 5.60 Å². The van der Waals surface area contributed by atoms with E-state index >= 15 is 0 Å². The van der Waals surface area contributed by atoms with E-state index in [2.05, 4.69) is 5.73 Å². The number of epoxide rings is 1. The molecule has 1 aliphatic heterocycles. The van der Waals surface area contributed by atoms with Crippen LogP contribution in [0.15, 0.2) is 18.2 Å². The fraction of sp³-hybridized carbons (Fsp3) is 0.300. The van der Waals surface area contributed by atoms with Crippen molar-refractivity contribution in [3.05, 3.63) is 33.8 Å². The summed E-state index contributed by atoms with van der Waals surface area (Å²) >= 11 is 11.5. The molecule has 0 spiro atoms. The van der Waals surface area contributed by atoms with Crippen LogP contribution in [0.1, 0.15) is 5.56 Å². The third kappa shape index (κ3) is 1.78. The van der Waals surface area contributed by atoms with E-state index in [0.717, 1.165) is 0 Å². The molecule has 0 saturated carbocycles. The summed E-state index contributed by atoms with van der Waals surface area (Å²) < 4.78 is 32.1. The van der Waals surface area contributed by atoms with Crippen LogP contribution in [-0.2, 0) is 15.1 Å². The molecule has 7 heteroatoms. The number of halogens is 4. The molecule has 1 aromatic carbocycles. The molecule has 2 rings (SSSR count). The largest absolute Gasteiger partial charge is 0.364 e. The molecule has 0 aromatic heterocycles. The number of amides is 1. The highest BCUT2D eigenvalue weighted by Gasteiger charge is 2.69. The average Bonchev–Trinajstić information content (AvgIpc) is 2.98. The van der Waals surface area contributed by atoms with Crippen LogP contribution in [0.4, 0.5) is 8.78 Å². The van der Waals surface area contributed by atoms with E-state index in [1.54, 1.807) is 0 Å². The summed E-state index contributed by atoms with van der Waals surface area (Å²) in [4.78, 5) is 10.8. The first kappa shape index (κ1) is 12.5. The molecule has 1 aliphatic rings. The van der Waals surface area contributed by atoms with Crippen molar-refractivity contribution >= 4 is 29.1 Å². The molecule has 1 saturated heterocycles. The maximum atomic E-state index is 13.7. The SMILES string of the molecule is NC(=O)C(F)(F)C1(c2ccc(Cl)cc2Cl)CO1. The van der Waals surface area contributed by atoms with Crippen molar-refractivity contribution in [3.63, 3.8) is 0 Å². The molecule has 0 aliphatic carbocycles. The van der Waals surface area contributed by atoms with Gasteiger partial charge in [0, 0.05) is 15.6 Å². The van der Waals surface area contributed by atoms with Gasteiger partial charge in [-0.1, -0.05) is 29.3 Å². The van der Waals surface area contributed by atoms with E-state index in [-0.39, 0.29) is 17.2 Å². The standard InChI is InChI=1S/C10H7Cl2F2NO2/c11-5-1-2-6(7(12)3-5)9(4-17-9)10(13,14)8(15)16/h1-3H,4H2,(H2,15,16). The maximum Gasteiger partial charge on any atom is 0.358 e. The highest BCUT2D eigenvalue weighted by molar-refractivity contribution is 6.35. The third-order valence-electron chi connectivity index (χ3n) is 2.62. The van der Waals surface area contributed by atoms with Crippen molar-refractivity contribution in [1.29, 1.82) is 0 Å². The van der Waals surface area contributed by atoms with Gasteiger partial charge < -0.3 is 10.5 Å². The van der Waals surface area contributed by atoms with Gasteiger partial charge in [-0.3, -0.25) is 4.79 Å². The van der Waals surface area contributed by atoms with E-state index in [1.807, 2.05) is 0 Å². The number of hydrogen-bond donors (Lipinski definition) is 1. The molecule has 1 fully saturated rings. The number of nitrogens with two attached hydrogens (primary N) is 1. The first-order valence-electron chi connectivity index (χ1n) is 4.58. The molecule has 1 unspecified atom stereocenters. The first-order chi connectivity index (χ1) is 7.81. The summed E-state index contributed by atoms with van der Waals surface area (Å²) in [5.41, 5.74) is 2.63. The highest BCUT2D eigenvalue weighted by Crippen LogP contribution is 2.52. The van der Waals surface area contributed by atoms with Crippen LogP contribution < -0.4 is 5.73 Å². The summed E-state index contributed by atoms with van der Waals surface area (Å²) in [5.74, 6) is -5.56. The van der Waals surface area contributed by atoms with E-state index in [4.69, 9.17) is 27.9 Å². The van der Waals surface area contributed by atoms with Gasteiger partial charge in [-0.05, 0) is 12.1 Å². The molecule has 92 valence electrons. The lowest BCUT2D eigenvalue weighted by atomic mass is 9.92. The molecule has 17 heavy (non-hydrogen) atoms.